The highest BCUT2D eigenvalue weighted by Gasteiger charge is 2.10. The molecule has 7 nitrogen and oxygen atoms in total. The van der Waals surface area contributed by atoms with E-state index in [4.69, 9.17) is 0 Å². The molecule has 0 aliphatic heterocycles. The Kier molecular flexibility index (Phi) is 4.25. The molecule has 0 bridgehead atoms. The van der Waals surface area contributed by atoms with E-state index in [1.165, 1.54) is 6.92 Å². The molecule has 3 aromatic heterocycles. The molecule has 134 valence electrons. The summed E-state index contributed by atoms with van der Waals surface area (Å²) in [5.74, 6) is 0.130. The van der Waals surface area contributed by atoms with Crippen LogP contribution in [0.25, 0.3) is 21.9 Å². The van der Waals surface area contributed by atoms with Gasteiger partial charge in [-0.3, -0.25) is 9.59 Å². The number of rotatable bonds is 4. The number of pyridine rings is 2. The van der Waals surface area contributed by atoms with E-state index >= 15 is 0 Å². The summed E-state index contributed by atoms with van der Waals surface area (Å²) in [6, 6.07) is 14.9. The number of benzene rings is 1. The van der Waals surface area contributed by atoms with Crippen LogP contribution in [0.3, 0.4) is 0 Å². The van der Waals surface area contributed by atoms with Gasteiger partial charge in [0.15, 0.2) is 5.65 Å². The highest BCUT2D eigenvalue weighted by atomic mass is 16.2. The van der Waals surface area contributed by atoms with Crippen LogP contribution in [0.15, 0.2) is 60.9 Å². The number of nitrogens with zero attached hydrogens (tertiary/aromatic N) is 3. The van der Waals surface area contributed by atoms with Crippen LogP contribution in [0.1, 0.15) is 6.92 Å². The fraction of sp³-hybridized carbons (Fsp3) is 0.100. The van der Waals surface area contributed by atoms with Crippen molar-refractivity contribution in [1.29, 1.82) is 0 Å². The molecule has 2 amide bonds. The molecule has 3 heterocycles. The van der Waals surface area contributed by atoms with E-state index in [1.807, 2.05) is 53.2 Å². The van der Waals surface area contributed by atoms with Gasteiger partial charge < -0.3 is 15.2 Å². The minimum absolute atomic E-state index is 0.134. The minimum Gasteiger partial charge on any atom is -0.338 e. The van der Waals surface area contributed by atoms with Gasteiger partial charge in [-0.25, -0.2) is 9.97 Å². The van der Waals surface area contributed by atoms with E-state index in [9.17, 15) is 9.59 Å². The number of hydrogen-bond acceptors (Lipinski definition) is 4. The number of fused-ring (bicyclic) bond motifs is 2. The van der Waals surface area contributed by atoms with Crippen LogP contribution >= 0.6 is 0 Å². The topological polar surface area (TPSA) is 88.9 Å². The van der Waals surface area contributed by atoms with Crippen LogP contribution in [0.4, 0.5) is 11.5 Å². The lowest BCUT2D eigenvalue weighted by Crippen LogP contribution is -2.19. The Balaban J connectivity index is 1.54. The Hall–Kier alpha value is -3.74. The summed E-state index contributed by atoms with van der Waals surface area (Å²) in [7, 11) is 0. The normalized spacial score (nSPS) is 10.9. The predicted molar refractivity (Wildman–Crippen MR) is 104 cm³/mol. The van der Waals surface area contributed by atoms with Crippen LogP contribution in [0, 0.1) is 0 Å². The molecule has 4 rings (SSSR count). The van der Waals surface area contributed by atoms with Crippen molar-refractivity contribution in [2.24, 2.45) is 0 Å². The molecule has 0 spiro atoms. The van der Waals surface area contributed by atoms with Gasteiger partial charge in [-0.15, -0.1) is 0 Å². The summed E-state index contributed by atoms with van der Waals surface area (Å²) in [6.45, 7) is 1.60. The van der Waals surface area contributed by atoms with Gasteiger partial charge in [0.05, 0.1) is 11.2 Å². The molecule has 4 aromatic rings. The SMILES string of the molecule is CC(=O)Nc1cccc2c1ccn2CC(=O)Nc1ccc2cccnc2n1. The average Bonchev–Trinajstić information content (AvgIpc) is 3.05. The summed E-state index contributed by atoms with van der Waals surface area (Å²) in [5, 5.41) is 7.40. The van der Waals surface area contributed by atoms with Crippen molar-refractivity contribution in [3.63, 3.8) is 0 Å². The molecule has 27 heavy (non-hydrogen) atoms. The number of carbonyl (C=O) groups excluding carboxylic acids is 2. The first-order valence-electron chi connectivity index (χ1n) is 8.47. The third-order valence-electron chi connectivity index (χ3n) is 4.17. The van der Waals surface area contributed by atoms with Crippen molar-refractivity contribution >= 4 is 45.3 Å². The third kappa shape index (κ3) is 3.48. The van der Waals surface area contributed by atoms with Crippen molar-refractivity contribution in [2.45, 2.75) is 13.5 Å². The van der Waals surface area contributed by atoms with Crippen molar-refractivity contribution in [3.8, 4) is 0 Å². The first kappa shape index (κ1) is 16.7. The predicted octanol–water partition coefficient (Wildman–Crippen LogP) is 3.18. The summed E-state index contributed by atoms with van der Waals surface area (Å²) < 4.78 is 1.83. The number of aromatic nitrogens is 3. The van der Waals surface area contributed by atoms with E-state index in [0.29, 0.717) is 11.5 Å². The van der Waals surface area contributed by atoms with Gasteiger partial charge in [-0.05, 0) is 42.5 Å². The molecule has 0 unspecified atom stereocenters. The minimum atomic E-state index is -0.194. The van der Waals surface area contributed by atoms with Crippen LogP contribution < -0.4 is 10.6 Å². The largest absolute Gasteiger partial charge is 0.338 e. The fourth-order valence-electron chi connectivity index (χ4n) is 3.02. The molecule has 7 heteroatoms. The van der Waals surface area contributed by atoms with Crippen molar-refractivity contribution in [3.05, 3.63) is 60.9 Å². The van der Waals surface area contributed by atoms with Gasteiger partial charge in [0.2, 0.25) is 11.8 Å². The number of hydrogen-bond donors (Lipinski definition) is 2. The second kappa shape index (κ2) is 6.87. The highest BCUT2D eigenvalue weighted by Crippen LogP contribution is 2.24. The van der Waals surface area contributed by atoms with E-state index in [2.05, 4.69) is 20.6 Å². The lowest BCUT2D eigenvalue weighted by Gasteiger charge is -2.09. The molecule has 0 radical (unpaired) electrons. The molecule has 1 aromatic carbocycles. The fourth-order valence-corrected chi connectivity index (χ4v) is 3.02. The van der Waals surface area contributed by atoms with Gasteiger partial charge in [-0.2, -0.15) is 0 Å². The smallest absolute Gasteiger partial charge is 0.245 e. The second-order valence-electron chi connectivity index (χ2n) is 6.16. The van der Waals surface area contributed by atoms with Crippen LogP contribution in [-0.4, -0.2) is 26.3 Å². The quantitative estimate of drug-likeness (QED) is 0.586. The van der Waals surface area contributed by atoms with E-state index < -0.39 is 0 Å². The second-order valence-corrected chi connectivity index (χ2v) is 6.16. The van der Waals surface area contributed by atoms with Crippen LogP contribution in [0.5, 0.6) is 0 Å². The zero-order valence-corrected chi connectivity index (χ0v) is 14.6. The molecule has 0 atom stereocenters. The molecule has 2 N–H and O–H groups in total. The molecule has 0 saturated carbocycles. The van der Waals surface area contributed by atoms with Crippen molar-refractivity contribution in [2.75, 3.05) is 10.6 Å². The van der Waals surface area contributed by atoms with Crippen LogP contribution in [-0.2, 0) is 16.1 Å². The molecular weight excluding hydrogens is 342 g/mol. The lowest BCUT2D eigenvalue weighted by atomic mass is 10.2. The highest BCUT2D eigenvalue weighted by molar-refractivity contribution is 6.01. The number of anilines is 2. The number of amides is 2. The maximum Gasteiger partial charge on any atom is 0.245 e. The molecule has 0 aliphatic carbocycles. The first-order valence-corrected chi connectivity index (χ1v) is 8.47. The Morgan fingerprint density at radius 3 is 2.78 bits per heavy atom. The Morgan fingerprint density at radius 2 is 1.93 bits per heavy atom. The summed E-state index contributed by atoms with van der Waals surface area (Å²) in [6.07, 6.45) is 3.49. The zero-order chi connectivity index (χ0) is 18.8. The summed E-state index contributed by atoms with van der Waals surface area (Å²) >= 11 is 0. The standard InChI is InChI=1S/C20H17N5O2/c1-13(26)22-16-5-2-6-17-15(16)9-11-25(17)12-19(27)23-18-8-7-14-4-3-10-21-20(14)24-18/h2-11H,12H2,1H3,(H,22,26)(H,21,23,24,27). The van der Waals surface area contributed by atoms with Crippen molar-refractivity contribution in [1.82, 2.24) is 14.5 Å². The molecule has 0 fully saturated rings. The van der Waals surface area contributed by atoms with Crippen LogP contribution in [0.2, 0.25) is 0 Å². The molecular formula is C20H17N5O2. The Bertz CT molecular complexity index is 1170. The Morgan fingerprint density at radius 1 is 1.04 bits per heavy atom. The summed E-state index contributed by atoms with van der Waals surface area (Å²) in [5.41, 5.74) is 2.17. The van der Waals surface area contributed by atoms with E-state index in [0.717, 1.165) is 22.0 Å². The average molecular weight is 359 g/mol. The molecule has 0 aliphatic rings. The first-order chi connectivity index (χ1) is 13.1. The molecule has 0 saturated heterocycles. The van der Waals surface area contributed by atoms with Gasteiger partial charge in [0.1, 0.15) is 12.4 Å². The number of carbonyl (C=O) groups is 2. The van der Waals surface area contributed by atoms with Gasteiger partial charge in [0, 0.05) is 30.1 Å². The van der Waals surface area contributed by atoms with Gasteiger partial charge >= 0.3 is 0 Å². The van der Waals surface area contributed by atoms with E-state index in [1.54, 1.807) is 12.3 Å². The van der Waals surface area contributed by atoms with E-state index in [-0.39, 0.29) is 18.4 Å². The van der Waals surface area contributed by atoms with Gasteiger partial charge in [-0.1, -0.05) is 6.07 Å². The monoisotopic (exact) mass is 359 g/mol. The van der Waals surface area contributed by atoms with Gasteiger partial charge in [0.25, 0.3) is 0 Å². The summed E-state index contributed by atoms with van der Waals surface area (Å²) in [4.78, 5) is 32.4. The maximum atomic E-state index is 12.5. The third-order valence-corrected chi connectivity index (χ3v) is 4.17. The Labute approximate surface area is 155 Å². The zero-order valence-electron chi connectivity index (χ0n) is 14.6. The van der Waals surface area contributed by atoms with Crippen molar-refractivity contribution < 1.29 is 9.59 Å². The maximum absolute atomic E-state index is 12.5. The lowest BCUT2D eigenvalue weighted by molar-refractivity contribution is -0.117. The number of nitrogens with one attached hydrogen (secondary N) is 2.